The van der Waals surface area contributed by atoms with Gasteiger partial charge in [0, 0.05) is 30.1 Å². The predicted molar refractivity (Wildman–Crippen MR) is 133 cm³/mol. The van der Waals surface area contributed by atoms with Gasteiger partial charge in [0.15, 0.2) is 0 Å². The third-order valence-corrected chi connectivity index (χ3v) is 7.68. The van der Waals surface area contributed by atoms with Gasteiger partial charge in [0.05, 0.1) is 5.56 Å². The Kier molecular flexibility index (Phi) is 7.91. The summed E-state index contributed by atoms with van der Waals surface area (Å²) in [6, 6.07) is 12.1. The van der Waals surface area contributed by atoms with Crippen LogP contribution in [0.2, 0.25) is 5.02 Å². The average molecular weight is 520 g/mol. The van der Waals surface area contributed by atoms with Crippen LogP contribution in [0.15, 0.2) is 53.4 Å². The van der Waals surface area contributed by atoms with E-state index in [1.54, 1.807) is 43.3 Å². The zero-order chi connectivity index (χ0) is 26.0. The summed E-state index contributed by atoms with van der Waals surface area (Å²) >= 11 is 5.99. The Balaban J connectivity index is 1.84. The van der Waals surface area contributed by atoms with Crippen molar-refractivity contribution in [1.82, 2.24) is 14.5 Å². The molecule has 0 aliphatic carbocycles. The first-order valence-corrected chi connectivity index (χ1v) is 13.2. The van der Waals surface area contributed by atoms with Crippen LogP contribution in [0.1, 0.15) is 56.5 Å². The van der Waals surface area contributed by atoms with E-state index in [1.807, 2.05) is 20.8 Å². The van der Waals surface area contributed by atoms with Gasteiger partial charge in [-0.1, -0.05) is 42.8 Å². The predicted octanol–water partition coefficient (Wildman–Crippen LogP) is 3.60. The molecule has 10 heteroatoms. The van der Waals surface area contributed by atoms with Gasteiger partial charge in [0.25, 0.3) is 15.9 Å². The molecule has 3 rings (SSSR count). The number of rotatable bonds is 8. The maximum Gasteiger partial charge on any atom is 0.269 e. The average Bonchev–Trinajstić information content (AvgIpc) is 2.97. The second-order valence-electron chi connectivity index (χ2n) is 9.44. The number of carbonyl (C=O) groups is 3. The van der Waals surface area contributed by atoms with E-state index in [1.165, 1.54) is 17.0 Å². The lowest BCUT2D eigenvalue weighted by molar-refractivity contribution is -0.142. The van der Waals surface area contributed by atoms with E-state index in [4.69, 9.17) is 11.6 Å². The summed E-state index contributed by atoms with van der Waals surface area (Å²) in [6.07, 6.45) is 0.0967. The topological polar surface area (TPSA) is 104 Å². The van der Waals surface area contributed by atoms with Crippen LogP contribution in [0.3, 0.4) is 0 Å². The van der Waals surface area contributed by atoms with E-state index >= 15 is 0 Å². The molecule has 188 valence electrons. The molecule has 2 aromatic rings. The largest absolute Gasteiger partial charge is 0.350 e. The van der Waals surface area contributed by atoms with Crippen molar-refractivity contribution in [3.05, 3.63) is 64.7 Å². The van der Waals surface area contributed by atoms with Gasteiger partial charge < -0.3 is 10.2 Å². The SMILES string of the molecule is CCC(C(=O)NC(C)(C)C)N(Cc1ccc(Cl)cc1)C(=O)CCN1C(=O)c2ccccc2S1(=O)=O. The minimum absolute atomic E-state index is 0.0635. The number of hydrogen-bond acceptors (Lipinski definition) is 5. The van der Waals surface area contributed by atoms with Crippen LogP contribution in [-0.4, -0.2) is 53.5 Å². The van der Waals surface area contributed by atoms with Crippen LogP contribution in [0.25, 0.3) is 0 Å². The summed E-state index contributed by atoms with van der Waals surface area (Å²) in [5.41, 5.74) is 0.359. The molecule has 1 aliphatic heterocycles. The summed E-state index contributed by atoms with van der Waals surface area (Å²) in [4.78, 5) is 40.6. The second-order valence-corrected chi connectivity index (χ2v) is 11.7. The maximum atomic E-state index is 13.4. The summed E-state index contributed by atoms with van der Waals surface area (Å²) in [5.74, 6) is -1.40. The van der Waals surface area contributed by atoms with Gasteiger partial charge >= 0.3 is 0 Å². The zero-order valence-electron chi connectivity index (χ0n) is 20.2. The lowest BCUT2D eigenvalue weighted by Crippen LogP contribution is -2.53. The van der Waals surface area contributed by atoms with Crippen LogP contribution < -0.4 is 5.32 Å². The van der Waals surface area contributed by atoms with E-state index in [2.05, 4.69) is 5.32 Å². The zero-order valence-corrected chi connectivity index (χ0v) is 21.8. The van der Waals surface area contributed by atoms with Crippen LogP contribution in [-0.2, 0) is 26.2 Å². The van der Waals surface area contributed by atoms with E-state index in [9.17, 15) is 22.8 Å². The Morgan fingerprint density at radius 2 is 1.71 bits per heavy atom. The Bertz CT molecular complexity index is 1220. The van der Waals surface area contributed by atoms with Crippen LogP contribution >= 0.6 is 11.6 Å². The van der Waals surface area contributed by atoms with Gasteiger partial charge in [-0.2, -0.15) is 0 Å². The van der Waals surface area contributed by atoms with Gasteiger partial charge in [0.2, 0.25) is 11.8 Å². The molecule has 1 atom stereocenters. The van der Waals surface area contributed by atoms with E-state index in [0.717, 1.165) is 9.87 Å². The first-order valence-electron chi connectivity index (χ1n) is 11.4. The lowest BCUT2D eigenvalue weighted by atomic mass is 10.1. The van der Waals surface area contributed by atoms with Crippen LogP contribution in [0, 0.1) is 0 Å². The molecule has 0 fully saturated rings. The number of hydrogen-bond donors (Lipinski definition) is 1. The fourth-order valence-corrected chi connectivity index (χ4v) is 5.65. The highest BCUT2D eigenvalue weighted by Gasteiger charge is 2.41. The van der Waals surface area contributed by atoms with Crippen molar-refractivity contribution in [2.45, 2.75) is 63.6 Å². The first-order chi connectivity index (χ1) is 16.3. The molecule has 1 unspecified atom stereocenters. The van der Waals surface area contributed by atoms with E-state index in [0.29, 0.717) is 11.4 Å². The first kappa shape index (κ1) is 26.7. The number of sulfonamides is 1. The van der Waals surface area contributed by atoms with Crippen molar-refractivity contribution < 1.29 is 22.8 Å². The standard InChI is InChI=1S/C25H30ClN3O5S/c1-5-20(23(31)27-25(2,3)4)28(16-17-10-12-18(26)13-11-17)22(30)14-15-29-24(32)19-8-6-7-9-21(19)35(29,33)34/h6-13,20H,5,14-16H2,1-4H3,(H,27,31). The number of nitrogens with zero attached hydrogens (tertiary/aromatic N) is 2. The van der Waals surface area contributed by atoms with Crippen molar-refractivity contribution in [3.63, 3.8) is 0 Å². The van der Waals surface area contributed by atoms with Crippen molar-refractivity contribution in [3.8, 4) is 0 Å². The third-order valence-electron chi connectivity index (χ3n) is 5.59. The van der Waals surface area contributed by atoms with Crippen LogP contribution in [0.5, 0.6) is 0 Å². The lowest BCUT2D eigenvalue weighted by Gasteiger charge is -2.33. The number of fused-ring (bicyclic) bond motifs is 1. The van der Waals surface area contributed by atoms with Crippen molar-refractivity contribution in [2.24, 2.45) is 0 Å². The molecule has 8 nitrogen and oxygen atoms in total. The minimum atomic E-state index is -4.03. The molecular weight excluding hydrogens is 490 g/mol. The summed E-state index contributed by atoms with van der Waals surface area (Å²) in [7, 11) is -4.03. The highest BCUT2D eigenvalue weighted by Crippen LogP contribution is 2.30. The number of nitrogens with one attached hydrogen (secondary N) is 1. The minimum Gasteiger partial charge on any atom is -0.350 e. The Labute approximate surface area is 211 Å². The Morgan fingerprint density at radius 1 is 1.09 bits per heavy atom. The molecule has 0 spiro atoms. The monoisotopic (exact) mass is 519 g/mol. The van der Waals surface area contributed by atoms with Gasteiger partial charge in [-0.3, -0.25) is 14.4 Å². The molecule has 1 aliphatic rings. The quantitative estimate of drug-likeness (QED) is 0.574. The summed E-state index contributed by atoms with van der Waals surface area (Å²) in [6.45, 7) is 7.18. The molecule has 1 N–H and O–H groups in total. The van der Waals surface area contributed by atoms with Crippen LogP contribution in [0.4, 0.5) is 0 Å². The third kappa shape index (κ3) is 6.02. The molecule has 0 aromatic heterocycles. The van der Waals surface area contributed by atoms with Gasteiger partial charge in [0.1, 0.15) is 10.9 Å². The normalized spacial score (nSPS) is 15.5. The smallest absolute Gasteiger partial charge is 0.269 e. The number of carbonyl (C=O) groups excluding carboxylic acids is 3. The summed E-state index contributed by atoms with van der Waals surface area (Å²) in [5, 5.41) is 3.46. The van der Waals surface area contributed by atoms with Gasteiger partial charge in [-0.05, 0) is 57.0 Å². The molecule has 0 saturated carbocycles. The highest BCUT2D eigenvalue weighted by atomic mass is 35.5. The molecule has 3 amide bonds. The van der Waals surface area contributed by atoms with Crippen molar-refractivity contribution >= 4 is 39.3 Å². The number of halogens is 1. The molecule has 0 radical (unpaired) electrons. The second kappa shape index (κ2) is 10.4. The molecule has 0 saturated heterocycles. The fourth-order valence-electron chi connectivity index (χ4n) is 3.95. The number of amides is 3. The van der Waals surface area contributed by atoms with Gasteiger partial charge in [-0.25, -0.2) is 12.7 Å². The molecule has 0 bridgehead atoms. The van der Waals surface area contributed by atoms with Gasteiger partial charge in [-0.15, -0.1) is 0 Å². The van der Waals surface area contributed by atoms with Crippen molar-refractivity contribution in [2.75, 3.05) is 6.54 Å². The Hall–Kier alpha value is -2.91. The van der Waals surface area contributed by atoms with E-state index < -0.39 is 33.4 Å². The fraction of sp³-hybridized carbons (Fsp3) is 0.400. The molecular formula is C25H30ClN3O5S. The Morgan fingerprint density at radius 3 is 2.29 bits per heavy atom. The van der Waals surface area contributed by atoms with E-state index in [-0.39, 0.29) is 35.9 Å². The molecule has 2 aromatic carbocycles. The summed E-state index contributed by atoms with van der Waals surface area (Å²) < 4.78 is 26.4. The highest BCUT2D eigenvalue weighted by molar-refractivity contribution is 7.90. The molecule has 1 heterocycles. The van der Waals surface area contributed by atoms with Crippen molar-refractivity contribution in [1.29, 1.82) is 0 Å². The maximum absolute atomic E-state index is 13.4. The molecule has 35 heavy (non-hydrogen) atoms. The number of benzene rings is 2.